The molecule has 112 valence electrons. The summed E-state index contributed by atoms with van der Waals surface area (Å²) in [4.78, 5) is 6.45. The zero-order valence-corrected chi connectivity index (χ0v) is 13.0. The largest absolute Gasteiger partial charge is 0.367 e. The molecule has 1 aromatic carbocycles. The molecule has 1 N–H and O–H groups in total. The van der Waals surface area contributed by atoms with E-state index in [1.54, 1.807) is 6.07 Å². The van der Waals surface area contributed by atoms with Crippen molar-refractivity contribution in [1.29, 1.82) is 0 Å². The van der Waals surface area contributed by atoms with Gasteiger partial charge in [0, 0.05) is 42.3 Å². The Morgan fingerprint density at radius 2 is 2.05 bits per heavy atom. The molecule has 2 rings (SSSR count). The van der Waals surface area contributed by atoms with Crippen LogP contribution in [0.4, 0.5) is 10.1 Å². The van der Waals surface area contributed by atoms with Gasteiger partial charge in [-0.15, -0.1) is 0 Å². The number of hydrogen-bond donors (Lipinski definition) is 1. The summed E-state index contributed by atoms with van der Waals surface area (Å²) in [5.41, 5.74) is 3.84. The highest BCUT2D eigenvalue weighted by atomic mass is 19.1. The van der Waals surface area contributed by atoms with E-state index in [2.05, 4.69) is 15.2 Å². The summed E-state index contributed by atoms with van der Waals surface area (Å²) >= 11 is 0. The molecule has 4 heteroatoms. The normalized spacial score (nSPS) is 12.2. The average Bonchev–Trinajstić information content (AvgIpc) is 2.48. The van der Waals surface area contributed by atoms with Gasteiger partial charge in [-0.1, -0.05) is 18.2 Å². The highest BCUT2D eigenvalue weighted by Crippen LogP contribution is 2.29. The first-order chi connectivity index (χ1) is 10.0. The van der Waals surface area contributed by atoms with E-state index in [1.807, 2.05) is 52.3 Å². The molecule has 21 heavy (non-hydrogen) atoms. The van der Waals surface area contributed by atoms with Gasteiger partial charge in [0.2, 0.25) is 0 Å². The molecule has 1 heterocycles. The van der Waals surface area contributed by atoms with Crippen LogP contribution < -0.4 is 10.2 Å². The molecular weight excluding hydrogens is 265 g/mol. The van der Waals surface area contributed by atoms with E-state index in [0.29, 0.717) is 5.56 Å². The minimum atomic E-state index is -0.169. The van der Waals surface area contributed by atoms with Crippen LogP contribution in [-0.2, 0) is 6.54 Å². The van der Waals surface area contributed by atoms with E-state index in [-0.39, 0.29) is 11.9 Å². The maximum Gasteiger partial charge on any atom is 0.128 e. The maximum absolute atomic E-state index is 14.0. The fourth-order valence-electron chi connectivity index (χ4n) is 2.46. The van der Waals surface area contributed by atoms with Crippen LogP contribution in [0.25, 0.3) is 0 Å². The van der Waals surface area contributed by atoms with E-state index in [1.165, 1.54) is 6.07 Å². The molecule has 1 unspecified atom stereocenters. The lowest BCUT2D eigenvalue weighted by atomic mass is 10.0. The van der Waals surface area contributed by atoms with Crippen molar-refractivity contribution >= 4 is 5.69 Å². The highest BCUT2D eigenvalue weighted by molar-refractivity contribution is 5.54. The molecule has 0 aliphatic rings. The van der Waals surface area contributed by atoms with Gasteiger partial charge in [0.25, 0.3) is 0 Å². The second-order valence-corrected chi connectivity index (χ2v) is 5.29. The fraction of sp³-hybridized carbons (Fsp3) is 0.353. The predicted octanol–water partition coefficient (Wildman–Crippen LogP) is 3.45. The zero-order chi connectivity index (χ0) is 15.4. The number of benzene rings is 1. The van der Waals surface area contributed by atoms with Crippen molar-refractivity contribution in [3.05, 3.63) is 59.2 Å². The standard InChI is InChI=1S/C17H22FN3/c1-12-9-17(14(10-19-3)11-20-12)21(4)13(2)15-7-5-6-8-16(15)18/h5-9,11,13,19H,10H2,1-4H3. The van der Waals surface area contributed by atoms with Crippen molar-refractivity contribution in [2.75, 3.05) is 19.0 Å². The Balaban J connectivity index is 2.37. The molecule has 0 amide bonds. The van der Waals surface area contributed by atoms with Crippen LogP contribution in [0.1, 0.15) is 29.8 Å². The molecule has 0 aliphatic carbocycles. The molecule has 3 nitrogen and oxygen atoms in total. The average molecular weight is 287 g/mol. The van der Waals surface area contributed by atoms with Crippen molar-refractivity contribution in [2.24, 2.45) is 0 Å². The number of anilines is 1. The number of pyridine rings is 1. The van der Waals surface area contributed by atoms with E-state index in [0.717, 1.165) is 23.5 Å². The smallest absolute Gasteiger partial charge is 0.128 e. The summed E-state index contributed by atoms with van der Waals surface area (Å²) in [5.74, 6) is -0.169. The van der Waals surface area contributed by atoms with Crippen molar-refractivity contribution < 1.29 is 4.39 Å². The number of nitrogens with one attached hydrogen (secondary N) is 1. The van der Waals surface area contributed by atoms with Crippen LogP contribution in [0.5, 0.6) is 0 Å². The van der Waals surface area contributed by atoms with Crippen molar-refractivity contribution in [3.8, 4) is 0 Å². The van der Waals surface area contributed by atoms with E-state index in [9.17, 15) is 4.39 Å². The van der Waals surface area contributed by atoms with Gasteiger partial charge in [0.15, 0.2) is 0 Å². The molecular formula is C17H22FN3. The Labute approximate surface area is 125 Å². The van der Waals surface area contributed by atoms with E-state index in [4.69, 9.17) is 0 Å². The first-order valence-corrected chi connectivity index (χ1v) is 7.12. The quantitative estimate of drug-likeness (QED) is 0.913. The molecule has 2 aromatic rings. The number of hydrogen-bond acceptors (Lipinski definition) is 3. The van der Waals surface area contributed by atoms with Crippen LogP contribution in [0, 0.1) is 12.7 Å². The van der Waals surface area contributed by atoms with Crippen molar-refractivity contribution in [2.45, 2.75) is 26.4 Å². The minimum Gasteiger partial charge on any atom is -0.367 e. The molecule has 0 saturated carbocycles. The molecule has 0 saturated heterocycles. The maximum atomic E-state index is 14.0. The summed E-state index contributed by atoms with van der Waals surface area (Å²) in [7, 11) is 3.90. The molecule has 1 atom stereocenters. The third-order valence-electron chi connectivity index (χ3n) is 3.78. The van der Waals surface area contributed by atoms with Gasteiger partial charge in [0.1, 0.15) is 5.82 Å². The molecule has 0 fully saturated rings. The van der Waals surface area contributed by atoms with Gasteiger partial charge < -0.3 is 10.2 Å². The van der Waals surface area contributed by atoms with Crippen LogP contribution in [0.15, 0.2) is 36.5 Å². The molecule has 0 spiro atoms. The molecule has 0 bridgehead atoms. The highest BCUT2D eigenvalue weighted by Gasteiger charge is 2.18. The Morgan fingerprint density at radius 1 is 1.33 bits per heavy atom. The summed E-state index contributed by atoms with van der Waals surface area (Å²) in [6, 6.07) is 8.92. The van der Waals surface area contributed by atoms with Gasteiger partial charge in [-0.05, 0) is 33.0 Å². The van der Waals surface area contributed by atoms with Gasteiger partial charge in [-0.2, -0.15) is 0 Å². The predicted molar refractivity (Wildman–Crippen MR) is 85.0 cm³/mol. The van der Waals surface area contributed by atoms with Gasteiger partial charge in [-0.25, -0.2) is 4.39 Å². The minimum absolute atomic E-state index is 0.0522. The van der Waals surface area contributed by atoms with Crippen LogP contribution in [-0.4, -0.2) is 19.1 Å². The fourth-order valence-corrected chi connectivity index (χ4v) is 2.46. The summed E-state index contributed by atoms with van der Waals surface area (Å²) in [5, 5.41) is 3.15. The Morgan fingerprint density at radius 3 is 2.71 bits per heavy atom. The lowest BCUT2D eigenvalue weighted by Crippen LogP contribution is -2.25. The Bertz CT molecular complexity index is 613. The number of rotatable bonds is 5. The second-order valence-electron chi connectivity index (χ2n) is 5.29. The first-order valence-electron chi connectivity index (χ1n) is 7.12. The van der Waals surface area contributed by atoms with Gasteiger partial charge in [0.05, 0.1) is 6.04 Å². The Hall–Kier alpha value is -1.94. The summed E-state index contributed by atoms with van der Waals surface area (Å²) in [6.07, 6.45) is 1.88. The van der Waals surface area contributed by atoms with E-state index < -0.39 is 0 Å². The Kier molecular flexibility index (Phi) is 4.91. The number of aryl methyl sites for hydroxylation is 1. The van der Waals surface area contributed by atoms with E-state index >= 15 is 0 Å². The zero-order valence-electron chi connectivity index (χ0n) is 13.0. The number of nitrogens with zero attached hydrogens (tertiary/aromatic N) is 2. The van der Waals surface area contributed by atoms with Crippen molar-refractivity contribution in [3.63, 3.8) is 0 Å². The van der Waals surface area contributed by atoms with Crippen LogP contribution in [0.3, 0.4) is 0 Å². The monoisotopic (exact) mass is 287 g/mol. The summed E-state index contributed by atoms with van der Waals surface area (Å²) in [6.45, 7) is 4.71. The molecule has 0 radical (unpaired) electrons. The summed E-state index contributed by atoms with van der Waals surface area (Å²) < 4.78 is 14.0. The van der Waals surface area contributed by atoms with Crippen LogP contribution in [0.2, 0.25) is 0 Å². The van der Waals surface area contributed by atoms with Gasteiger partial charge in [-0.3, -0.25) is 4.98 Å². The third kappa shape index (κ3) is 3.39. The third-order valence-corrected chi connectivity index (χ3v) is 3.78. The second kappa shape index (κ2) is 6.68. The first kappa shape index (κ1) is 15.4. The van der Waals surface area contributed by atoms with Crippen molar-refractivity contribution in [1.82, 2.24) is 10.3 Å². The molecule has 0 aliphatic heterocycles. The van der Waals surface area contributed by atoms with Crippen LogP contribution >= 0.6 is 0 Å². The molecule has 1 aromatic heterocycles. The lowest BCUT2D eigenvalue weighted by Gasteiger charge is -2.29. The topological polar surface area (TPSA) is 28.2 Å². The number of aromatic nitrogens is 1. The van der Waals surface area contributed by atoms with Gasteiger partial charge >= 0.3 is 0 Å². The SMILES string of the molecule is CNCc1cnc(C)cc1N(C)C(C)c1ccccc1F. The number of halogens is 1. The lowest BCUT2D eigenvalue weighted by molar-refractivity contribution is 0.584.